The first-order chi connectivity index (χ1) is 10.9. The molecule has 2 atom stereocenters. The minimum Gasteiger partial charge on any atom is -0.322 e. The van der Waals surface area contributed by atoms with Crippen LogP contribution in [0.2, 0.25) is 0 Å². The minimum absolute atomic E-state index is 0.128. The van der Waals surface area contributed by atoms with Gasteiger partial charge in [0.2, 0.25) is 0 Å². The van der Waals surface area contributed by atoms with Gasteiger partial charge in [0.25, 0.3) is 5.56 Å². The highest BCUT2D eigenvalue weighted by Crippen LogP contribution is 2.20. The van der Waals surface area contributed by atoms with Crippen molar-refractivity contribution >= 4 is 27.1 Å². The van der Waals surface area contributed by atoms with Crippen molar-refractivity contribution in [3.05, 3.63) is 51.1 Å². The van der Waals surface area contributed by atoms with Gasteiger partial charge in [0.05, 0.1) is 10.5 Å². The minimum atomic E-state index is -0.362. The predicted molar refractivity (Wildman–Crippen MR) is 98.3 cm³/mol. The van der Waals surface area contributed by atoms with E-state index in [9.17, 15) is 4.79 Å². The molecule has 0 aliphatic carbocycles. The van der Waals surface area contributed by atoms with Gasteiger partial charge in [-0.3, -0.25) is 9.36 Å². The Bertz CT molecular complexity index is 814. The maximum atomic E-state index is 13.1. The van der Waals surface area contributed by atoms with Crippen LogP contribution in [0.25, 0.3) is 11.2 Å². The quantitative estimate of drug-likeness (QED) is 0.805. The lowest BCUT2D eigenvalue weighted by atomic mass is 10.1. The van der Waals surface area contributed by atoms with Gasteiger partial charge in [-0.1, -0.05) is 32.4 Å². The second kappa shape index (κ2) is 7.27. The van der Waals surface area contributed by atoms with Crippen LogP contribution in [0.4, 0.5) is 0 Å². The van der Waals surface area contributed by atoms with Crippen molar-refractivity contribution in [2.24, 2.45) is 11.7 Å². The molecule has 0 aliphatic rings. The summed E-state index contributed by atoms with van der Waals surface area (Å²) in [6.07, 6.45) is 8.68. The number of hydrogen-bond donors (Lipinski definition) is 1. The smallest absolute Gasteiger partial charge is 0.283 e. The van der Waals surface area contributed by atoms with Gasteiger partial charge in [-0.15, -0.1) is 0 Å². The van der Waals surface area contributed by atoms with Crippen molar-refractivity contribution in [2.45, 2.75) is 40.2 Å². The first-order valence-electron chi connectivity index (χ1n) is 7.80. The summed E-state index contributed by atoms with van der Waals surface area (Å²) in [5, 5.41) is 4.54. The van der Waals surface area contributed by atoms with Gasteiger partial charge >= 0.3 is 0 Å². The highest BCUT2D eigenvalue weighted by atomic mass is 79.9. The number of aromatic nitrogens is 3. The van der Waals surface area contributed by atoms with Gasteiger partial charge in [-0.25, -0.2) is 4.52 Å². The molecule has 0 fully saturated rings. The van der Waals surface area contributed by atoms with Crippen LogP contribution in [-0.2, 0) is 0 Å². The van der Waals surface area contributed by atoms with Crippen LogP contribution in [0.5, 0.6) is 0 Å². The van der Waals surface area contributed by atoms with Gasteiger partial charge in [0.1, 0.15) is 5.52 Å². The van der Waals surface area contributed by atoms with Crippen molar-refractivity contribution in [1.29, 1.82) is 0 Å². The molecule has 0 aromatic carbocycles. The van der Waals surface area contributed by atoms with E-state index in [1.165, 1.54) is 0 Å². The number of fused-ring (bicyclic) bond motifs is 1. The molecule has 6 heteroatoms. The molecule has 2 heterocycles. The molecule has 2 rings (SSSR count). The molecule has 0 amide bonds. The van der Waals surface area contributed by atoms with E-state index in [4.69, 9.17) is 5.73 Å². The van der Waals surface area contributed by atoms with Gasteiger partial charge in [-0.2, -0.15) is 5.10 Å². The van der Waals surface area contributed by atoms with Crippen molar-refractivity contribution in [3.63, 3.8) is 0 Å². The van der Waals surface area contributed by atoms with Crippen LogP contribution in [0.15, 0.2) is 39.8 Å². The number of allylic oxidation sites excluding steroid dienone is 4. The van der Waals surface area contributed by atoms with Crippen molar-refractivity contribution in [1.82, 2.24) is 14.2 Å². The van der Waals surface area contributed by atoms with Crippen LogP contribution in [-0.4, -0.2) is 14.2 Å². The Balaban J connectivity index is 2.86. The van der Waals surface area contributed by atoms with Crippen molar-refractivity contribution < 1.29 is 0 Å². The topological polar surface area (TPSA) is 65.3 Å². The molecule has 0 saturated heterocycles. The van der Waals surface area contributed by atoms with Crippen LogP contribution in [0.1, 0.15) is 46.0 Å². The summed E-state index contributed by atoms with van der Waals surface area (Å²) in [5.41, 5.74) is 7.27. The van der Waals surface area contributed by atoms with Crippen LogP contribution < -0.4 is 11.3 Å². The summed E-state index contributed by atoms with van der Waals surface area (Å²) >= 11 is 3.42. The zero-order valence-corrected chi connectivity index (χ0v) is 15.5. The molecule has 23 heavy (non-hydrogen) atoms. The van der Waals surface area contributed by atoms with Crippen LogP contribution in [0, 0.1) is 5.92 Å². The van der Waals surface area contributed by atoms with E-state index in [1.807, 2.05) is 32.1 Å². The maximum absolute atomic E-state index is 13.1. The summed E-state index contributed by atoms with van der Waals surface area (Å²) in [6.45, 7) is 8.01. The molecule has 2 unspecified atom stereocenters. The van der Waals surface area contributed by atoms with Crippen molar-refractivity contribution in [2.75, 3.05) is 0 Å². The molecule has 2 aromatic rings. The molecule has 0 radical (unpaired) electrons. The third kappa shape index (κ3) is 3.48. The Hall–Kier alpha value is -1.66. The number of rotatable bonds is 5. The number of hydrogen-bond acceptors (Lipinski definition) is 3. The molecule has 2 aromatic heterocycles. The lowest BCUT2D eigenvalue weighted by Gasteiger charge is -2.17. The fourth-order valence-electron chi connectivity index (χ4n) is 2.38. The highest BCUT2D eigenvalue weighted by molar-refractivity contribution is 9.10. The lowest BCUT2D eigenvalue weighted by molar-refractivity contribution is 0.647. The number of nitrogens with two attached hydrogens (primary N) is 1. The zero-order valence-electron chi connectivity index (χ0n) is 14.0. The molecule has 0 bridgehead atoms. The predicted octanol–water partition coefficient (Wildman–Crippen LogP) is 3.74. The zero-order chi connectivity index (χ0) is 17.1. The second-order valence-corrected chi connectivity index (χ2v) is 6.58. The Morgan fingerprint density at radius 1 is 1.48 bits per heavy atom. The summed E-state index contributed by atoms with van der Waals surface area (Å²) in [6, 6.07) is 1.45. The molecule has 5 nitrogen and oxygen atoms in total. The fraction of sp³-hybridized carbons (Fsp3) is 0.412. The Kier molecular flexibility index (Phi) is 5.59. The van der Waals surface area contributed by atoms with E-state index in [0.717, 1.165) is 16.6 Å². The van der Waals surface area contributed by atoms with Gasteiger partial charge in [0.15, 0.2) is 5.82 Å². The molecule has 0 saturated carbocycles. The number of halogens is 1. The summed E-state index contributed by atoms with van der Waals surface area (Å²) < 4.78 is 3.93. The SMILES string of the molecule is C/C=C\C(=C/C(C)CC)n1c(C(C)N)nn2ccc(Br)c2c1=O. The number of nitrogens with zero attached hydrogens (tertiary/aromatic N) is 3. The van der Waals surface area contributed by atoms with Crippen molar-refractivity contribution in [3.8, 4) is 0 Å². The van der Waals surface area contributed by atoms with E-state index in [1.54, 1.807) is 15.3 Å². The molecule has 0 aliphatic heterocycles. The molecular weight excluding hydrogens is 356 g/mol. The van der Waals surface area contributed by atoms with Crippen LogP contribution in [0.3, 0.4) is 0 Å². The van der Waals surface area contributed by atoms with E-state index in [-0.39, 0.29) is 11.6 Å². The average molecular weight is 379 g/mol. The maximum Gasteiger partial charge on any atom is 0.283 e. The molecule has 2 N–H and O–H groups in total. The highest BCUT2D eigenvalue weighted by Gasteiger charge is 2.18. The first-order valence-corrected chi connectivity index (χ1v) is 8.60. The third-order valence-corrected chi connectivity index (χ3v) is 4.40. The Morgan fingerprint density at radius 2 is 2.17 bits per heavy atom. The monoisotopic (exact) mass is 378 g/mol. The average Bonchev–Trinajstić information content (AvgIpc) is 2.88. The standard InChI is InChI=1S/C17H23BrN4O/c1-5-7-13(10-11(3)6-2)22-16(12(4)19)20-21-9-8-14(18)15(21)17(22)23/h5,7-12H,6,19H2,1-4H3/b7-5-,13-10+. The van der Waals surface area contributed by atoms with Gasteiger partial charge < -0.3 is 5.73 Å². The second-order valence-electron chi connectivity index (χ2n) is 5.72. The van der Waals surface area contributed by atoms with E-state index < -0.39 is 0 Å². The summed E-state index contributed by atoms with van der Waals surface area (Å²) in [7, 11) is 0. The lowest BCUT2D eigenvalue weighted by Crippen LogP contribution is -2.30. The molecular formula is C17H23BrN4O. The van der Waals surface area contributed by atoms with Gasteiger partial charge in [0, 0.05) is 11.9 Å². The normalized spacial score (nSPS) is 15.5. The van der Waals surface area contributed by atoms with Crippen LogP contribution >= 0.6 is 15.9 Å². The third-order valence-electron chi connectivity index (χ3n) is 3.76. The van der Waals surface area contributed by atoms with Gasteiger partial charge in [-0.05, 0) is 47.8 Å². The largest absolute Gasteiger partial charge is 0.322 e. The Labute approximate surface area is 144 Å². The van der Waals surface area contributed by atoms with E-state index >= 15 is 0 Å². The van der Waals surface area contributed by atoms with E-state index in [0.29, 0.717) is 17.3 Å². The molecule has 0 spiro atoms. The molecule has 124 valence electrons. The fourth-order valence-corrected chi connectivity index (χ4v) is 2.85. The summed E-state index contributed by atoms with van der Waals surface area (Å²) in [4.78, 5) is 13.1. The Morgan fingerprint density at radius 3 is 2.74 bits per heavy atom. The van der Waals surface area contributed by atoms with E-state index in [2.05, 4.69) is 41.0 Å². The summed E-state index contributed by atoms with van der Waals surface area (Å²) in [5.74, 6) is 0.888. The first kappa shape index (κ1) is 17.7.